The number of carbonyl (C=O) groups is 1. The van der Waals surface area contributed by atoms with Crippen LogP contribution in [0.15, 0.2) is 30.5 Å². The number of nitrogen functional groups attached to an aromatic ring is 1. The van der Waals surface area contributed by atoms with E-state index in [4.69, 9.17) is 10.8 Å². The van der Waals surface area contributed by atoms with E-state index in [1.807, 2.05) is 0 Å². The summed E-state index contributed by atoms with van der Waals surface area (Å²) in [6.07, 6.45) is 1.20. The first-order valence-corrected chi connectivity index (χ1v) is 4.87. The quantitative estimate of drug-likeness (QED) is 0.841. The summed E-state index contributed by atoms with van der Waals surface area (Å²) in [6.45, 7) is 0.305. The topological polar surface area (TPSA) is 81.1 Å². The van der Waals surface area contributed by atoms with Gasteiger partial charge in [0.15, 0.2) is 0 Å². The molecule has 0 unspecified atom stereocenters. The van der Waals surface area contributed by atoms with E-state index in [1.54, 1.807) is 12.1 Å². The number of hydrogen-bond acceptors (Lipinski definition) is 3. The van der Waals surface area contributed by atoms with Gasteiger partial charge in [-0.2, -0.15) is 5.10 Å². The van der Waals surface area contributed by atoms with Gasteiger partial charge in [-0.1, -0.05) is 12.1 Å². The van der Waals surface area contributed by atoms with Gasteiger partial charge in [0, 0.05) is 0 Å². The molecule has 2 aromatic rings. The molecular formula is C11H10FN3O2. The summed E-state index contributed by atoms with van der Waals surface area (Å²) in [5.74, 6) is -1.36. The number of hydrogen-bond donors (Lipinski definition) is 2. The Kier molecular flexibility index (Phi) is 2.78. The van der Waals surface area contributed by atoms with Crippen molar-refractivity contribution < 1.29 is 14.3 Å². The first-order chi connectivity index (χ1) is 8.08. The van der Waals surface area contributed by atoms with Crippen LogP contribution in [0.25, 0.3) is 0 Å². The number of carboxylic acid groups (broad SMARTS) is 1. The van der Waals surface area contributed by atoms with Crippen LogP contribution in [0.1, 0.15) is 15.9 Å². The second-order valence-corrected chi connectivity index (χ2v) is 3.53. The minimum Gasteiger partial charge on any atom is -0.477 e. The van der Waals surface area contributed by atoms with Crippen LogP contribution >= 0.6 is 0 Å². The minimum atomic E-state index is -1.12. The molecule has 17 heavy (non-hydrogen) atoms. The molecule has 5 nitrogen and oxygen atoms in total. The van der Waals surface area contributed by atoms with Gasteiger partial charge in [-0.05, 0) is 17.7 Å². The van der Waals surface area contributed by atoms with Crippen molar-refractivity contribution in [3.05, 3.63) is 47.4 Å². The average Bonchev–Trinajstić information content (AvgIpc) is 2.64. The highest BCUT2D eigenvalue weighted by Crippen LogP contribution is 2.13. The van der Waals surface area contributed by atoms with Gasteiger partial charge in [-0.3, -0.25) is 0 Å². The first kappa shape index (κ1) is 11.1. The summed E-state index contributed by atoms with van der Waals surface area (Å²) in [5, 5.41) is 12.7. The van der Waals surface area contributed by atoms with Gasteiger partial charge in [0.1, 0.15) is 17.2 Å². The van der Waals surface area contributed by atoms with Crippen molar-refractivity contribution in [3.8, 4) is 0 Å². The molecule has 0 spiro atoms. The van der Waals surface area contributed by atoms with Gasteiger partial charge >= 0.3 is 5.97 Å². The van der Waals surface area contributed by atoms with E-state index in [2.05, 4.69) is 5.10 Å². The number of benzene rings is 1. The lowest BCUT2D eigenvalue weighted by Gasteiger charge is -2.04. The lowest BCUT2D eigenvalue weighted by atomic mass is 10.2. The molecule has 0 atom stereocenters. The average molecular weight is 235 g/mol. The smallest absolute Gasteiger partial charge is 0.341 e. The molecule has 0 aliphatic rings. The van der Waals surface area contributed by atoms with E-state index in [-0.39, 0.29) is 17.2 Å². The molecule has 0 saturated carbocycles. The van der Waals surface area contributed by atoms with Gasteiger partial charge in [0.05, 0.1) is 12.7 Å². The van der Waals surface area contributed by atoms with Crippen LogP contribution in [0.3, 0.4) is 0 Å². The minimum absolute atomic E-state index is 0.0351. The standard InChI is InChI=1S/C11H10FN3O2/c12-8-3-1-7(2-4-8)6-15-10(13)9(5-14-15)11(16)17/h1-5H,6,13H2,(H,16,17). The van der Waals surface area contributed by atoms with Crippen LogP contribution in [-0.2, 0) is 6.54 Å². The van der Waals surface area contributed by atoms with E-state index >= 15 is 0 Å². The second-order valence-electron chi connectivity index (χ2n) is 3.53. The van der Waals surface area contributed by atoms with E-state index in [0.717, 1.165) is 5.56 Å². The van der Waals surface area contributed by atoms with Gasteiger partial charge in [0.2, 0.25) is 0 Å². The zero-order valence-corrected chi connectivity index (χ0v) is 8.80. The second kappa shape index (κ2) is 4.25. The molecule has 0 bridgehead atoms. The zero-order valence-electron chi connectivity index (χ0n) is 8.80. The number of halogens is 1. The van der Waals surface area contributed by atoms with Gasteiger partial charge in [-0.15, -0.1) is 0 Å². The highest BCUT2D eigenvalue weighted by Gasteiger charge is 2.13. The lowest BCUT2D eigenvalue weighted by Crippen LogP contribution is -2.08. The molecule has 0 radical (unpaired) electrons. The van der Waals surface area contributed by atoms with Crippen LogP contribution in [0.2, 0.25) is 0 Å². The molecule has 6 heteroatoms. The van der Waals surface area contributed by atoms with Crippen LogP contribution in [0.4, 0.5) is 10.2 Å². The van der Waals surface area contributed by atoms with Crippen molar-refractivity contribution in [1.29, 1.82) is 0 Å². The first-order valence-electron chi connectivity index (χ1n) is 4.87. The highest BCUT2D eigenvalue weighted by atomic mass is 19.1. The Morgan fingerprint density at radius 2 is 2.06 bits per heavy atom. The Morgan fingerprint density at radius 3 is 2.59 bits per heavy atom. The zero-order chi connectivity index (χ0) is 12.4. The molecule has 0 amide bonds. The molecular weight excluding hydrogens is 225 g/mol. The Morgan fingerprint density at radius 1 is 1.41 bits per heavy atom. The van der Waals surface area contributed by atoms with Gasteiger partial charge in [-0.25, -0.2) is 13.9 Å². The third-order valence-corrected chi connectivity index (χ3v) is 2.36. The maximum Gasteiger partial charge on any atom is 0.341 e. The fraction of sp³-hybridized carbons (Fsp3) is 0.0909. The molecule has 2 rings (SSSR count). The van der Waals surface area contributed by atoms with Crippen molar-refractivity contribution in [3.63, 3.8) is 0 Å². The molecule has 88 valence electrons. The van der Waals surface area contributed by atoms with Gasteiger partial charge in [0.25, 0.3) is 0 Å². The van der Waals surface area contributed by atoms with Gasteiger partial charge < -0.3 is 10.8 Å². The normalized spacial score (nSPS) is 10.4. The monoisotopic (exact) mass is 235 g/mol. The summed E-state index contributed by atoms with van der Waals surface area (Å²) in [7, 11) is 0. The Balaban J connectivity index is 2.24. The number of aromatic carboxylic acids is 1. The number of carboxylic acids is 1. The summed E-state index contributed by atoms with van der Waals surface area (Å²) >= 11 is 0. The molecule has 3 N–H and O–H groups in total. The molecule has 1 aromatic heterocycles. The summed E-state index contributed by atoms with van der Waals surface area (Å²) in [4.78, 5) is 10.7. The van der Waals surface area contributed by atoms with Crippen molar-refractivity contribution in [1.82, 2.24) is 9.78 Å². The van der Waals surface area contributed by atoms with Crippen molar-refractivity contribution >= 4 is 11.8 Å². The summed E-state index contributed by atoms with van der Waals surface area (Å²) in [6, 6.07) is 5.84. The van der Waals surface area contributed by atoms with E-state index in [0.29, 0.717) is 6.54 Å². The van der Waals surface area contributed by atoms with Crippen LogP contribution in [-0.4, -0.2) is 20.9 Å². The number of anilines is 1. The fourth-order valence-corrected chi connectivity index (χ4v) is 1.45. The third-order valence-electron chi connectivity index (χ3n) is 2.36. The van der Waals surface area contributed by atoms with Crippen LogP contribution < -0.4 is 5.73 Å². The van der Waals surface area contributed by atoms with E-state index < -0.39 is 5.97 Å². The Labute approximate surface area is 96.3 Å². The summed E-state index contributed by atoms with van der Waals surface area (Å²) < 4.78 is 14.0. The van der Waals surface area contributed by atoms with Crippen molar-refractivity contribution in [2.45, 2.75) is 6.54 Å². The summed E-state index contributed by atoms with van der Waals surface area (Å²) in [5.41, 5.74) is 6.38. The lowest BCUT2D eigenvalue weighted by molar-refractivity contribution is 0.0698. The SMILES string of the molecule is Nc1c(C(=O)O)cnn1Cc1ccc(F)cc1. The molecule has 0 saturated heterocycles. The fourth-order valence-electron chi connectivity index (χ4n) is 1.45. The number of aromatic nitrogens is 2. The Bertz CT molecular complexity index is 548. The predicted octanol–water partition coefficient (Wildman–Crippen LogP) is 1.35. The molecule has 0 aliphatic carbocycles. The maximum absolute atomic E-state index is 12.7. The van der Waals surface area contributed by atoms with Crippen molar-refractivity contribution in [2.24, 2.45) is 0 Å². The van der Waals surface area contributed by atoms with Crippen LogP contribution in [0, 0.1) is 5.82 Å². The predicted molar refractivity (Wildman–Crippen MR) is 59.1 cm³/mol. The highest BCUT2D eigenvalue weighted by molar-refractivity contribution is 5.92. The number of nitrogens with zero attached hydrogens (tertiary/aromatic N) is 2. The molecule has 0 aliphatic heterocycles. The van der Waals surface area contributed by atoms with Crippen LogP contribution in [0.5, 0.6) is 0 Å². The Hall–Kier alpha value is -2.37. The number of nitrogens with two attached hydrogens (primary N) is 1. The van der Waals surface area contributed by atoms with Crippen molar-refractivity contribution in [2.75, 3.05) is 5.73 Å². The largest absolute Gasteiger partial charge is 0.477 e. The molecule has 1 aromatic carbocycles. The number of rotatable bonds is 3. The molecule has 0 fully saturated rings. The van der Waals surface area contributed by atoms with E-state index in [1.165, 1.54) is 23.0 Å². The third kappa shape index (κ3) is 2.25. The maximum atomic E-state index is 12.7. The molecule has 1 heterocycles. The van der Waals surface area contributed by atoms with E-state index in [9.17, 15) is 9.18 Å².